The van der Waals surface area contributed by atoms with Gasteiger partial charge in [0.05, 0.1) is 7.11 Å². The predicted molar refractivity (Wildman–Crippen MR) is 59.1 cm³/mol. The molecule has 84 valence electrons. The van der Waals surface area contributed by atoms with E-state index in [0.29, 0.717) is 16.1 Å². The SMILES string of the molecule is COc1nc(Cl)nc(-c2c(Br)nnn2C)n1. The van der Waals surface area contributed by atoms with Gasteiger partial charge in [-0.1, -0.05) is 5.21 Å². The molecule has 2 heterocycles. The fourth-order valence-corrected chi connectivity index (χ4v) is 1.76. The van der Waals surface area contributed by atoms with Crippen LogP contribution in [0.3, 0.4) is 0 Å². The third-order valence-electron chi connectivity index (χ3n) is 1.77. The Labute approximate surface area is 104 Å². The molecule has 0 amide bonds. The van der Waals surface area contributed by atoms with Gasteiger partial charge in [0.15, 0.2) is 10.4 Å². The van der Waals surface area contributed by atoms with Crippen LogP contribution < -0.4 is 4.74 Å². The first-order valence-corrected chi connectivity index (χ1v) is 5.30. The maximum atomic E-state index is 5.74. The number of rotatable bonds is 2. The van der Waals surface area contributed by atoms with E-state index in [2.05, 4.69) is 41.2 Å². The third-order valence-corrected chi connectivity index (χ3v) is 2.47. The van der Waals surface area contributed by atoms with E-state index in [1.807, 2.05) is 0 Å². The molecule has 16 heavy (non-hydrogen) atoms. The third kappa shape index (κ3) is 1.98. The summed E-state index contributed by atoms with van der Waals surface area (Å²) in [7, 11) is 3.17. The van der Waals surface area contributed by atoms with Gasteiger partial charge in [-0.3, -0.25) is 0 Å². The zero-order valence-corrected chi connectivity index (χ0v) is 10.7. The smallest absolute Gasteiger partial charge is 0.321 e. The summed E-state index contributed by atoms with van der Waals surface area (Å²) < 4.78 is 6.95. The summed E-state index contributed by atoms with van der Waals surface area (Å²) in [5.74, 6) is 0.344. The van der Waals surface area contributed by atoms with Crippen LogP contribution >= 0.6 is 27.5 Å². The van der Waals surface area contributed by atoms with Crippen LogP contribution in [0, 0.1) is 0 Å². The molecule has 0 atom stereocenters. The standard InChI is InChI=1S/C7H6BrClN6O/c1-15-3(4(8)13-14-15)5-10-6(9)12-7(11-5)16-2/h1-2H3. The highest BCUT2D eigenvalue weighted by Gasteiger charge is 2.16. The highest BCUT2D eigenvalue weighted by Crippen LogP contribution is 2.24. The number of nitrogens with zero attached hydrogens (tertiary/aromatic N) is 6. The van der Waals surface area contributed by atoms with Crippen molar-refractivity contribution in [2.75, 3.05) is 7.11 Å². The molecule has 0 aliphatic rings. The Kier molecular flexibility index (Phi) is 3.01. The van der Waals surface area contributed by atoms with Crippen LogP contribution in [0.5, 0.6) is 6.01 Å². The van der Waals surface area contributed by atoms with E-state index in [1.54, 1.807) is 7.05 Å². The van der Waals surface area contributed by atoms with Crippen LogP contribution in [0.2, 0.25) is 5.28 Å². The fourth-order valence-electron chi connectivity index (χ4n) is 1.10. The molecule has 0 bridgehead atoms. The second-order valence-electron chi connectivity index (χ2n) is 2.77. The second kappa shape index (κ2) is 4.30. The van der Waals surface area contributed by atoms with Crippen LogP contribution in [-0.4, -0.2) is 37.1 Å². The molecule has 2 aromatic rings. The van der Waals surface area contributed by atoms with Gasteiger partial charge in [0.2, 0.25) is 5.28 Å². The van der Waals surface area contributed by atoms with E-state index in [-0.39, 0.29) is 11.3 Å². The fraction of sp³-hybridized carbons (Fsp3) is 0.286. The van der Waals surface area contributed by atoms with Crippen molar-refractivity contribution in [1.82, 2.24) is 29.9 Å². The maximum absolute atomic E-state index is 5.74. The van der Waals surface area contributed by atoms with Crippen molar-refractivity contribution in [2.24, 2.45) is 7.05 Å². The van der Waals surface area contributed by atoms with Crippen LogP contribution in [0.25, 0.3) is 11.5 Å². The first-order chi connectivity index (χ1) is 7.61. The predicted octanol–water partition coefficient (Wildman–Crippen LogP) is 1.09. The average Bonchev–Trinajstić information content (AvgIpc) is 2.57. The summed E-state index contributed by atoms with van der Waals surface area (Å²) in [5, 5.41) is 7.69. The summed E-state index contributed by atoms with van der Waals surface area (Å²) in [6.07, 6.45) is 0. The molecule has 0 radical (unpaired) electrons. The summed E-state index contributed by atoms with van der Waals surface area (Å²) in [6.45, 7) is 0. The molecule has 0 fully saturated rings. The van der Waals surface area contributed by atoms with Crippen LogP contribution in [0.1, 0.15) is 0 Å². The topological polar surface area (TPSA) is 78.6 Å². The van der Waals surface area contributed by atoms with E-state index < -0.39 is 0 Å². The number of halogens is 2. The van der Waals surface area contributed by atoms with Gasteiger partial charge >= 0.3 is 6.01 Å². The lowest BCUT2D eigenvalue weighted by Crippen LogP contribution is -2.02. The first-order valence-electron chi connectivity index (χ1n) is 4.13. The van der Waals surface area contributed by atoms with Crippen molar-refractivity contribution < 1.29 is 4.74 Å². The molecular weight excluding hydrogens is 299 g/mol. The zero-order valence-electron chi connectivity index (χ0n) is 8.35. The largest absolute Gasteiger partial charge is 0.467 e. The highest BCUT2D eigenvalue weighted by atomic mass is 79.9. The van der Waals surface area contributed by atoms with Crippen molar-refractivity contribution >= 4 is 27.5 Å². The Bertz CT molecular complexity index is 510. The van der Waals surface area contributed by atoms with E-state index in [9.17, 15) is 0 Å². The highest BCUT2D eigenvalue weighted by molar-refractivity contribution is 9.10. The molecule has 2 aromatic heterocycles. The number of ether oxygens (including phenoxy) is 1. The van der Waals surface area contributed by atoms with Gasteiger partial charge in [-0.05, 0) is 27.5 Å². The number of hydrogen-bond acceptors (Lipinski definition) is 6. The van der Waals surface area contributed by atoms with Gasteiger partial charge in [-0.15, -0.1) is 5.10 Å². The first kappa shape index (κ1) is 11.2. The molecule has 0 saturated carbocycles. The summed E-state index contributed by atoms with van der Waals surface area (Å²) in [5.41, 5.74) is 0.600. The summed E-state index contributed by atoms with van der Waals surface area (Å²) in [6, 6.07) is 0.142. The maximum Gasteiger partial charge on any atom is 0.321 e. The van der Waals surface area contributed by atoms with Gasteiger partial charge in [-0.2, -0.15) is 15.0 Å². The lowest BCUT2D eigenvalue weighted by atomic mass is 10.4. The normalized spacial score (nSPS) is 10.5. The zero-order chi connectivity index (χ0) is 11.7. The van der Waals surface area contributed by atoms with Gasteiger partial charge in [0.25, 0.3) is 0 Å². The van der Waals surface area contributed by atoms with Crippen molar-refractivity contribution in [3.8, 4) is 17.5 Å². The summed E-state index contributed by atoms with van der Waals surface area (Å²) in [4.78, 5) is 11.8. The van der Waals surface area contributed by atoms with Crippen molar-refractivity contribution in [3.63, 3.8) is 0 Å². The van der Waals surface area contributed by atoms with Gasteiger partial charge in [0, 0.05) is 7.05 Å². The molecule has 0 unspecified atom stereocenters. The van der Waals surface area contributed by atoms with E-state index >= 15 is 0 Å². The van der Waals surface area contributed by atoms with Crippen molar-refractivity contribution in [2.45, 2.75) is 0 Å². The quantitative estimate of drug-likeness (QED) is 0.826. The van der Waals surface area contributed by atoms with E-state index in [4.69, 9.17) is 16.3 Å². The molecular formula is C7H6BrClN6O. The molecule has 2 rings (SSSR count). The molecule has 0 aromatic carbocycles. The Hall–Kier alpha value is -1.28. The number of aryl methyl sites for hydroxylation is 1. The van der Waals surface area contributed by atoms with Gasteiger partial charge in [-0.25, -0.2) is 4.68 Å². The minimum atomic E-state index is 0.0509. The molecule has 0 aliphatic carbocycles. The number of aromatic nitrogens is 6. The van der Waals surface area contributed by atoms with Crippen molar-refractivity contribution in [1.29, 1.82) is 0 Å². The molecule has 7 nitrogen and oxygen atoms in total. The molecule has 9 heteroatoms. The van der Waals surface area contributed by atoms with Gasteiger partial charge in [0.1, 0.15) is 5.69 Å². The molecule has 0 spiro atoms. The minimum Gasteiger partial charge on any atom is -0.467 e. The van der Waals surface area contributed by atoms with Crippen molar-refractivity contribution in [3.05, 3.63) is 9.89 Å². The Morgan fingerprint density at radius 3 is 2.62 bits per heavy atom. The van der Waals surface area contributed by atoms with E-state index in [0.717, 1.165) is 0 Å². The number of methoxy groups -OCH3 is 1. The Balaban J connectivity index is 2.60. The second-order valence-corrected chi connectivity index (χ2v) is 3.86. The summed E-state index contributed by atoms with van der Waals surface area (Å²) >= 11 is 8.99. The van der Waals surface area contributed by atoms with E-state index in [1.165, 1.54) is 11.8 Å². The Morgan fingerprint density at radius 2 is 2.06 bits per heavy atom. The van der Waals surface area contributed by atoms with Crippen LogP contribution in [-0.2, 0) is 7.05 Å². The van der Waals surface area contributed by atoms with Crippen LogP contribution in [0.15, 0.2) is 4.60 Å². The molecule has 0 N–H and O–H groups in total. The lowest BCUT2D eigenvalue weighted by Gasteiger charge is -2.02. The van der Waals surface area contributed by atoms with Gasteiger partial charge < -0.3 is 4.74 Å². The molecule has 0 saturated heterocycles. The van der Waals surface area contributed by atoms with Crippen LogP contribution in [0.4, 0.5) is 0 Å². The molecule has 0 aliphatic heterocycles. The lowest BCUT2D eigenvalue weighted by molar-refractivity contribution is 0.378. The monoisotopic (exact) mass is 304 g/mol. The minimum absolute atomic E-state index is 0.0509. The average molecular weight is 306 g/mol. The Morgan fingerprint density at radius 1 is 1.31 bits per heavy atom. The number of hydrogen-bond donors (Lipinski definition) is 0.